The summed E-state index contributed by atoms with van der Waals surface area (Å²) in [5.41, 5.74) is 0.00896. The fraction of sp³-hybridized carbons (Fsp3) is 0.462. The third-order valence-electron chi connectivity index (χ3n) is 6.33. The molecule has 0 radical (unpaired) electrons. The first-order valence-corrected chi connectivity index (χ1v) is 11.6. The first kappa shape index (κ1) is 25.0. The van der Waals surface area contributed by atoms with Crippen LogP contribution in [0.5, 0.6) is 0 Å². The number of rotatable bonds is 4. The van der Waals surface area contributed by atoms with E-state index in [-0.39, 0.29) is 30.5 Å². The molecule has 2 amide bonds. The largest absolute Gasteiger partial charge is 0.444 e. The van der Waals surface area contributed by atoms with E-state index in [4.69, 9.17) is 4.74 Å². The van der Waals surface area contributed by atoms with Crippen LogP contribution < -0.4 is 5.32 Å². The molecule has 0 unspecified atom stereocenters. The van der Waals surface area contributed by atoms with Crippen LogP contribution in [0.1, 0.15) is 45.1 Å². The molecule has 1 saturated carbocycles. The highest BCUT2D eigenvalue weighted by atomic mass is 19.3. The monoisotopic (exact) mass is 492 g/mol. The minimum atomic E-state index is -3.19. The molecule has 0 spiro atoms. The van der Waals surface area contributed by atoms with E-state index in [0.717, 1.165) is 0 Å². The van der Waals surface area contributed by atoms with Gasteiger partial charge in [-0.1, -0.05) is 30.3 Å². The van der Waals surface area contributed by atoms with Crippen molar-refractivity contribution in [3.63, 3.8) is 0 Å². The van der Waals surface area contributed by atoms with Gasteiger partial charge >= 0.3 is 6.09 Å². The standard InChI is InChI=1S/C26H28F4N2O3/c1-25(2,3)35-24(34)31-21-14-32(12-11-26(21,29)30)23(33)18-13-17(18)15-7-4-5-8-16(15)22-19(27)9-6-10-20(22)28/h4-10,17-18,21H,11-14H2,1-3H3,(H,31,34)/t17-,18+,21-/m1/s1. The molecule has 35 heavy (non-hydrogen) atoms. The summed E-state index contributed by atoms with van der Waals surface area (Å²) in [6, 6.07) is 8.81. The van der Waals surface area contributed by atoms with Crippen molar-refractivity contribution >= 4 is 12.0 Å². The van der Waals surface area contributed by atoms with E-state index in [1.807, 2.05) is 0 Å². The zero-order valence-electron chi connectivity index (χ0n) is 19.8. The number of hydrogen-bond acceptors (Lipinski definition) is 3. The van der Waals surface area contributed by atoms with Gasteiger partial charge in [-0.15, -0.1) is 0 Å². The van der Waals surface area contributed by atoms with Gasteiger partial charge in [-0.3, -0.25) is 4.79 Å². The van der Waals surface area contributed by atoms with Crippen LogP contribution in [0.15, 0.2) is 42.5 Å². The highest BCUT2D eigenvalue weighted by molar-refractivity contribution is 5.84. The second-order valence-corrected chi connectivity index (χ2v) is 10.1. The molecular formula is C26H28F4N2O3. The summed E-state index contributed by atoms with van der Waals surface area (Å²) in [6.07, 6.45) is -1.11. The second-order valence-electron chi connectivity index (χ2n) is 10.1. The molecule has 1 N–H and O–H groups in total. The van der Waals surface area contributed by atoms with Crippen molar-refractivity contribution in [3.8, 4) is 11.1 Å². The van der Waals surface area contributed by atoms with Gasteiger partial charge in [0.1, 0.15) is 23.3 Å². The normalized spacial score (nSPS) is 23.5. The van der Waals surface area contributed by atoms with E-state index in [1.54, 1.807) is 45.0 Å². The van der Waals surface area contributed by atoms with Crippen molar-refractivity contribution in [1.29, 1.82) is 0 Å². The number of nitrogens with zero attached hydrogens (tertiary/aromatic N) is 1. The molecule has 5 nitrogen and oxygen atoms in total. The van der Waals surface area contributed by atoms with Gasteiger partial charge in [0.2, 0.25) is 5.91 Å². The Hall–Kier alpha value is -3.10. The van der Waals surface area contributed by atoms with E-state index >= 15 is 0 Å². The van der Waals surface area contributed by atoms with Crippen molar-refractivity contribution in [3.05, 3.63) is 59.7 Å². The lowest BCUT2D eigenvalue weighted by Crippen LogP contribution is -2.60. The predicted octanol–water partition coefficient (Wildman–Crippen LogP) is 5.50. The summed E-state index contributed by atoms with van der Waals surface area (Å²) in [5.74, 6) is -5.67. The van der Waals surface area contributed by atoms with E-state index in [1.165, 1.54) is 23.1 Å². The Bertz CT molecular complexity index is 1110. The van der Waals surface area contributed by atoms with Crippen LogP contribution in [-0.4, -0.2) is 47.6 Å². The maximum Gasteiger partial charge on any atom is 0.408 e. The average Bonchev–Trinajstić information content (AvgIpc) is 3.54. The third kappa shape index (κ3) is 5.44. The molecule has 2 fully saturated rings. The van der Waals surface area contributed by atoms with Crippen molar-refractivity contribution in [2.75, 3.05) is 13.1 Å². The van der Waals surface area contributed by atoms with Gasteiger partial charge in [-0.2, -0.15) is 0 Å². The van der Waals surface area contributed by atoms with Crippen molar-refractivity contribution in [2.45, 2.75) is 57.1 Å². The Labute approximate surface area is 201 Å². The quantitative estimate of drug-likeness (QED) is 0.574. The minimum Gasteiger partial charge on any atom is -0.444 e. The highest BCUT2D eigenvalue weighted by Gasteiger charge is 2.51. The van der Waals surface area contributed by atoms with E-state index < -0.39 is 47.6 Å². The number of carbonyl (C=O) groups excluding carboxylic acids is 2. The van der Waals surface area contributed by atoms with Crippen molar-refractivity contribution in [1.82, 2.24) is 10.2 Å². The molecule has 2 aliphatic rings. The van der Waals surface area contributed by atoms with Gasteiger partial charge in [-0.25, -0.2) is 22.4 Å². The smallest absolute Gasteiger partial charge is 0.408 e. The second kappa shape index (κ2) is 9.17. The number of ether oxygens (including phenoxy) is 1. The maximum atomic E-state index is 14.5. The number of nitrogens with one attached hydrogen (secondary N) is 1. The van der Waals surface area contributed by atoms with Gasteiger partial charge in [0.15, 0.2) is 0 Å². The molecular weight excluding hydrogens is 464 g/mol. The van der Waals surface area contributed by atoms with Gasteiger partial charge in [0.05, 0.1) is 5.56 Å². The summed E-state index contributed by atoms with van der Waals surface area (Å²) in [7, 11) is 0. The van der Waals surface area contributed by atoms with Gasteiger partial charge in [-0.05, 0) is 56.4 Å². The molecule has 1 heterocycles. The van der Waals surface area contributed by atoms with Crippen LogP contribution in [0.2, 0.25) is 0 Å². The van der Waals surface area contributed by atoms with Crippen molar-refractivity contribution in [2.24, 2.45) is 5.92 Å². The minimum absolute atomic E-state index is 0.148. The molecule has 1 aliphatic carbocycles. The van der Waals surface area contributed by atoms with E-state index in [9.17, 15) is 27.2 Å². The third-order valence-corrected chi connectivity index (χ3v) is 6.33. The van der Waals surface area contributed by atoms with Gasteiger partial charge < -0.3 is 15.0 Å². The SMILES string of the molecule is CC(C)(C)OC(=O)N[C@@H]1CN(C(=O)[C@H]2C[C@@H]2c2ccccc2-c2c(F)cccc2F)CCC1(F)F. The summed E-state index contributed by atoms with van der Waals surface area (Å²) in [4.78, 5) is 26.6. The Morgan fingerprint density at radius 3 is 2.37 bits per heavy atom. The Morgan fingerprint density at radius 1 is 1.06 bits per heavy atom. The molecule has 188 valence electrons. The Balaban J connectivity index is 1.48. The highest BCUT2D eigenvalue weighted by Crippen LogP contribution is 2.52. The molecule has 0 bridgehead atoms. The number of alkyl halides is 2. The number of hydrogen-bond donors (Lipinski definition) is 1. The lowest BCUT2D eigenvalue weighted by molar-refractivity contribution is -0.142. The van der Waals surface area contributed by atoms with Gasteiger partial charge in [0, 0.05) is 25.4 Å². The van der Waals surface area contributed by atoms with Gasteiger partial charge in [0.25, 0.3) is 5.92 Å². The maximum absolute atomic E-state index is 14.5. The predicted molar refractivity (Wildman–Crippen MR) is 122 cm³/mol. The number of piperidine rings is 1. The zero-order chi connectivity index (χ0) is 25.5. The number of benzene rings is 2. The molecule has 2 aromatic carbocycles. The summed E-state index contributed by atoms with van der Waals surface area (Å²) in [6.45, 7) is 4.38. The van der Waals surface area contributed by atoms with Crippen LogP contribution in [0, 0.1) is 17.6 Å². The first-order chi connectivity index (χ1) is 16.4. The average molecular weight is 493 g/mol. The lowest BCUT2D eigenvalue weighted by Gasteiger charge is -2.39. The topological polar surface area (TPSA) is 58.6 Å². The molecule has 9 heteroatoms. The van der Waals surface area contributed by atoms with Crippen LogP contribution in [0.25, 0.3) is 11.1 Å². The molecule has 4 rings (SSSR count). The molecule has 1 saturated heterocycles. The number of alkyl carbamates (subject to hydrolysis) is 1. The van der Waals surface area contributed by atoms with Crippen LogP contribution in [0.4, 0.5) is 22.4 Å². The number of halogens is 4. The fourth-order valence-corrected chi connectivity index (χ4v) is 4.55. The van der Waals surface area contributed by atoms with Crippen LogP contribution in [-0.2, 0) is 9.53 Å². The van der Waals surface area contributed by atoms with Crippen LogP contribution >= 0.6 is 0 Å². The zero-order valence-corrected chi connectivity index (χ0v) is 19.8. The van der Waals surface area contributed by atoms with Crippen LogP contribution in [0.3, 0.4) is 0 Å². The van der Waals surface area contributed by atoms with E-state index in [2.05, 4.69) is 5.32 Å². The first-order valence-electron chi connectivity index (χ1n) is 11.6. The molecule has 2 aromatic rings. The Kier molecular flexibility index (Phi) is 6.55. The molecule has 0 aromatic heterocycles. The summed E-state index contributed by atoms with van der Waals surface area (Å²) < 4.78 is 63.0. The number of amides is 2. The lowest BCUT2D eigenvalue weighted by atomic mass is 9.94. The number of likely N-dealkylation sites (tertiary alicyclic amines) is 1. The number of carbonyl (C=O) groups is 2. The Morgan fingerprint density at radius 2 is 1.71 bits per heavy atom. The summed E-state index contributed by atoms with van der Waals surface area (Å²) >= 11 is 0. The van der Waals surface area contributed by atoms with E-state index in [0.29, 0.717) is 17.5 Å². The fourth-order valence-electron chi connectivity index (χ4n) is 4.55. The summed E-state index contributed by atoms with van der Waals surface area (Å²) in [5, 5.41) is 2.21. The molecule has 1 aliphatic heterocycles. The van der Waals surface area contributed by atoms with Crippen molar-refractivity contribution < 1.29 is 31.9 Å². The molecule has 3 atom stereocenters.